The highest BCUT2D eigenvalue weighted by atomic mass is 35.5. The fraction of sp³-hybridized carbons (Fsp3) is 0.333. The summed E-state index contributed by atoms with van der Waals surface area (Å²) in [5.74, 6) is -0.775. The van der Waals surface area contributed by atoms with Gasteiger partial charge in [-0.15, -0.1) is 0 Å². The third kappa shape index (κ3) is 4.21. The second-order valence-electron chi connectivity index (χ2n) is 7.43. The van der Waals surface area contributed by atoms with Crippen molar-refractivity contribution in [3.8, 4) is 5.75 Å². The molecule has 2 aromatic rings. The number of amides is 1. The number of nitrogens with zero attached hydrogens (tertiary/aromatic N) is 1. The zero-order valence-electron chi connectivity index (χ0n) is 17.4. The van der Waals surface area contributed by atoms with E-state index in [1.165, 1.54) is 0 Å². The fourth-order valence-electron chi connectivity index (χ4n) is 3.81. The maximum atomic E-state index is 13.0. The monoisotopic (exact) mass is 427 g/mol. The molecule has 1 saturated heterocycles. The van der Waals surface area contributed by atoms with E-state index in [0.717, 1.165) is 30.4 Å². The van der Waals surface area contributed by atoms with Crippen molar-refractivity contribution >= 4 is 29.1 Å². The number of hydrogen-bond acceptors (Lipinski definition) is 4. The third-order valence-electron chi connectivity index (χ3n) is 5.42. The zero-order valence-corrected chi connectivity index (χ0v) is 18.2. The van der Waals surface area contributed by atoms with Crippen LogP contribution in [0.15, 0.2) is 48.0 Å². The quantitative estimate of drug-likeness (QED) is 0.283. The van der Waals surface area contributed by atoms with E-state index in [9.17, 15) is 14.7 Å². The molecule has 0 bridgehead atoms. The molecule has 0 aromatic heterocycles. The number of ketones is 1. The number of hydrogen-bond donors (Lipinski definition) is 1. The van der Waals surface area contributed by atoms with Crippen LogP contribution in [0.2, 0.25) is 5.02 Å². The van der Waals surface area contributed by atoms with Gasteiger partial charge in [0.1, 0.15) is 11.5 Å². The lowest BCUT2D eigenvalue weighted by molar-refractivity contribution is -0.139. The predicted octanol–water partition coefficient (Wildman–Crippen LogP) is 5.27. The Bertz CT molecular complexity index is 981. The lowest BCUT2D eigenvalue weighted by atomic mass is 9.94. The Morgan fingerprint density at radius 2 is 1.83 bits per heavy atom. The van der Waals surface area contributed by atoms with Gasteiger partial charge in [0.05, 0.1) is 18.7 Å². The van der Waals surface area contributed by atoms with Gasteiger partial charge in [-0.2, -0.15) is 0 Å². The molecule has 0 saturated carbocycles. The van der Waals surface area contributed by atoms with E-state index in [4.69, 9.17) is 16.3 Å². The van der Waals surface area contributed by atoms with Crippen molar-refractivity contribution in [3.05, 3.63) is 69.8 Å². The summed E-state index contributed by atoms with van der Waals surface area (Å²) in [7, 11) is 1.57. The minimum Gasteiger partial charge on any atom is -0.507 e. The number of carbonyl (C=O) groups excluding carboxylic acids is 2. The normalized spacial score (nSPS) is 18.1. The minimum absolute atomic E-state index is 0.104. The molecule has 1 aliphatic heterocycles. The van der Waals surface area contributed by atoms with Crippen LogP contribution in [0.4, 0.5) is 0 Å². The van der Waals surface area contributed by atoms with E-state index < -0.39 is 17.7 Å². The average Bonchev–Trinajstić information content (AvgIpc) is 2.99. The Kier molecular flexibility index (Phi) is 6.83. The maximum Gasteiger partial charge on any atom is 0.295 e. The molecule has 1 amide bonds. The molecule has 1 heterocycles. The van der Waals surface area contributed by atoms with Crippen molar-refractivity contribution in [1.82, 2.24) is 4.90 Å². The van der Waals surface area contributed by atoms with Gasteiger partial charge >= 0.3 is 0 Å². The first-order valence-electron chi connectivity index (χ1n) is 10.1. The van der Waals surface area contributed by atoms with Crippen molar-refractivity contribution in [2.24, 2.45) is 0 Å². The molecule has 5 nitrogen and oxygen atoms in total. The molecule has 158 valence electrons. The number of ether oxygens (including phenoxy) is 1. The first-order valence-corrected chi connectivity index (χ1v) is 10.5. The summed E-state index contributed by atoms with van der Waals surface area (Å²) < 4.78 is 5.23. The summed E-state index contributed by atoms with van der Waals surface area (Å²) in [5, 5.41) is 11.7. The standard InChI is InChI=1S/C24H26ClNO4/c1-4-5-6-13-26-21(16-7-9-17(25)10-8-16)20(23(28)24(26)29)22(27)19-12-11-18(30-3)14-15(19)2/h7-12,14,21,27H,4-6,13H2,1-3H3/b22-20-. The molecule has 1 atom stereocenters. The smallest absolute Gasteiger partial charge is 0.295 e. The number of aliphatic hydroxyl groups excluding tert-OH is 1. The number of unbranched alkanes of at least 4 members (excludes halogenated alkanes) is 2. The van der Waals surface area contributed by atoms with Crippen LogP contribution in [0, 0.1) is 6.92 Å². The Hall–Kier alpha value is -2.79. The van der Waals surface area contributed by atoms with Crippen molar-refractivity contribution in [2.75, 3.05) is 13.7 Å². The molecular formula is C24H26ClNO4. The van der Waals surface area contributed by atoms with Gasteiger partial charge in [0.15, 0.2) is 0 Å². The first kappa shape index (κ1) is 21.9. The molecular weight excluding hydrogens is 402 g/mol. The highest BCUT2D eigenvalue weighted by Gasteiger charge is 2.45. The average molecular weight is 428 g/mol. The summed E-state index contributed by atoms with van der Waals surface area (Å²) in [5.41, 5.74) is 2.09. The van der Waals surface area contributed by atoms with E-state index in [-0.39, 0.29) is 11.3 Å². The second kappa shape index (κ2) is 9.35. The van der Waals surface area contributed by atoms with Gasteiger partial charge in [-0.05, 0) is 54.8 Å². The molecule has 3 rings (SSSR count). The number of methoxy groups -OCH3 is 1. The van der Waals surface area contributed by atoms with Crippen LogP contribution in [0.25, 0.3) is 5.76 Å². The van der Waals surface area contributed by atoms with E-state index in [1.54, 1.807) is 54.5 Å². The van der Waals surface area contributed by atoms with Gasteiger partial charge in [-0.1, -0.05) is 43.5 Å². The Morgan fingerprint density at radius 1 is 1.13 bits per heavy atom. The van der Waals surface area contributed by atoms with E-state index in [0.29, 0.717) is 22.9 Å². The number of Topliss-reactive ketones (excluding diaryl/α,β-unsaturated/α-hetero) is 1. The second-order valence-corrected chi connectivity index (χ2v) is 7.87. The summed E-state index contributed by atoms with van der Waals surface area (Å²) in [6, 6.07) is 11.6. The molecule has 6 heteroatoms. The van der Waals surface area contributed by atoms with Gasteiger partial charge in [0.25, 0.3) is 11.7 Å². The van der Waals surface area contributed by atoms with Crippen LogP contribution in [0.5, 0.6) is 5.75 Å². The van der Waals surface area contributed by atoms with Crippen molar-refractivity contribution in [3.63, 3.8) is 0 Å². The lowest BCUT2D eigenvalue weighted by Crippen LogP contribution is -2.30. The number of benzene rings is 2. The highest BCUT2D eigenvalue weighted by molar-refractivity contribution is 6.46. The summed E-state index contributed by atoms with van der Waals surface area (Å²) in [6.07, 6.45) is 2.74. The van der Waals surface area contributed by atoms with E-state index in [2.05, 4.69) is 6.92 Å². The fourth-order valence-corrected chi connectivity index (χ4v) is 3.93. The molecule has 1 N–H and O–H groups in total. The first-order chi connectivity index (χ1) is 14.4. The maximum absolute atomic E-state index is 13.0. The van der Waals surface area contributed by atoms with Crippen LogP contribution in [-0.2, 0) is 9.59 Å². The van der Waals surface area contributed by atoms with Gasteiger partial charge in [0.2, 0.25) is 0 Å². The van der Waals surface area contributed by atoms with Gasteiger partial charge in [-0.3, -0.25) is 9.59 Å². The summed E-state index contributed by atoms with van der Waals surface area (Å²) in [4.78, 5) is 27.4. The lowest BCUT2D eigenvalue weighted by Gasteiger charge is -2.25. The molecule has 2 aromatic carbocycles. The Labute approximate surface area is 181 Å². The number of aliphatic hydroxyl groups is 1. The van der Waals surface area contributed by atoms with Crippen molar-refractivity contribution in [1.29, 1.82) is 0 Å². The van der Waals surface area contributed by atoms with E-state index in [1.807, 2.05) is 6.92 Å². The van der Waals surface area contributed by atoms with Crippen LogP contribution in [0.3, 0.4) is 0 Å². The number of rotatable bonds is 7. The van der Waals surface area contributed by atoms with E-state index >= 15 is 0 Å². The van der Waals surface area contributed by atoms with Crippen molar-refractivity contribution in [2.45, 2.75) is 39.2 Å². The topological polar surface area (TPSA) is 66.8 Å². The zero-order chi connectivity index (χ0) is 21.8. The number of halogens is 1. The predicted molar refractivity (Wildman–Crippen MR) is 118 cm³/mol. The third-order valence-corrected chi connectivity index (χ3v) is 5.67. The SMILES string of the molecule is CCCCCN1C(=O)C(=O)/C(=C(\O)c2ccc(OC)cc2C)C1c1ccc(Cl)cc1. The Morgan fingerprint density at radius 3 is 2.43 bits per heavy atom. The summed E-state index contributed by atoms with van der Waals surface area (Å²) >= 11 is 6.04. The summed E-state index contributed by atoms with van der Waals surface area (Å²) in [6.45, 7) is 4.35. The number of likely N-dealkylation sites (tertiary alicyclic amines) is 1. The van der Waals surface area contributed by atoms with Crippen LogP contribution < -0.4 is 4.74 Å². The van der Waals surface area contributed by atoms with Crippen LogP contribution in [0.1, 0.15) is 48.9 Å². The highest BCUT2D eigenvalue weighted by Crippen LogP contribution is 2.40. The molecule has 1 fully saturated rings. The molecule has 0 radical (unpaired) electrons. The number of aryl methyl sites for hydroxylation is 1. The van der Waals surface area contributed by atoms with Crippen LogP contribution in [-0.4, -0.2) is 35.4 Å². The van der Waals surface area contributed by atoms with Gasteiger partial charge in [-0.25, -0.2) is 0 Å². The minimum atomic E-state index is -0.667. The molecule has 30 heavy (non-hydrogen) atoms. The molecule has 1 aliphatic rings. The van der Waals surface area contributed by atoms with Crippen molar-refractivity contribution < 1.29 is 19.4 Å². The van der Waals surface area contributed by atoms with Gasteiger partial charge in [0, 0.05) is 17.1 Å². The molecule has 1 unspecified atom stereocenters. The largest absolute Gasteiger partial charge is 0.507 e. The number of carbonyl (C=O) groups is 2. The Balaban J connectivity index is 2.13. The molecule has 0 aliphatic carbocycles. The van der Waals surface area contributed by atoms with Gasteiger partial charge < -0.3 is 14.7 Å². The molecule has 0 spiro atoms. The van der Waals surface area contributed by atoms with Crippen LogP contribution >= 0.6 is 11.6 Å².